The van der Waals surface area contributed by atoms with Crippen molar-refractivity contribution in [1.82, 2.24) is 4.90 Å². The molecule has 2 aromatic rings. The Bertz CT molecular complexity index is 1100. The summed E-state index contributed by atoms with van der Waals surface area (Å²) in [7, 11) is 2.99. The second-order valence-electron chi connectivity index (χ2n) is 8.25. The maximum atomic E-state index is 13.3. The molecule has 1 saturated heterocycles. The second-order valence-corrected chi connectivity index (χ2v) is 9.06. The van der Waals surface area contributed by atoms with E-state index in [1.54, 1.807) is 30.2 Å². The van der Waals surface area contributed by atoms with Crippen molar-refractivity contribution < 1.29 is 24.2 Å². The molecule has 4 rings (SSSR count). The molecule has 8 heteroatoms. The Balaban J connectivity index is 1.90. The normalized spacial score (nSPS) is 20.8. The number of carbonyl (C=O) groups excluding carboxylic acids is 2. The van der Waals surface area contributed by atoms with Crippen molar-refractivity contribution in [3.8, 4) is 11.5 Å². The first kappa shape index (κ1) is 23.5. The van der Waals surface area contributed by atoms with Gasteiger partial charge in [-0.15, -0.1) is 0 Å². The minimum atomic E-state index is -0.747. The molecule has 0 aromatic heterocycles. The number of carbonyl (C=O) groups is 2. The molecule has 33 heavy (non-hydrogen) atoms. The van der Waals surface area contributed by atoms with Crippen LogP contribution in [-0.4, -0.2) is 42.0 Å². The lowest BCUT2D eigenvalue weighted by molar-refractivity contribution is -0.141. The van der Waals surface area contributed by atoms with Gasteiger partial charge in [0.25, 0.3) is 11.7 Å². The molecule has 1 atom stereocenters. The van der Waals surface area contributed by atoms with E-state index in [1.807, 2.05) is 6.07 Å². The summed E-state index contributed by atoms with van der Waals surface area (Å²) in [4.78, 5) is 28.2. The van der Waals surface area contributed by atoms with Gasteiger partial charge in [-0.25, -0.2) is 0 Å². The van der Waals surface area contributed by atoms with Crippen molar-refractivity contribution in [2.75, 3.05) is 14.2 Å². The number of halogens is 2. The van der Waals surface area contributed by atoms with E-state index in [4.69, 9.17) is 32.7 Å². The summed E-state index contributed by atoms with van der Waals surface area (Å²) in [5.74, 6) is -0.805. The smallest absolute Gasteiger partial charge is 0.295 e. The molecule has 1 N–H and O–H groups in total. The summed E-state index contributed by atoms with van der Waals surface area (Å²) in [5, 5.41) is 11.7. The number of nitrogens with zero attached hydrogens (tertiary/aromatic N) is 1. The molecule has 174 valence electrons. The molecule has 0 radical (unpaired) electrons. The van der Waals surface area contributed by atoms with Gasteiger partial charge in [0.15, 0.2) is 5.75 Å². The standard InChI is InChI=1S/C25H25Cl2NO5/c1-32-17-10-6-7-14(11-17)21-20(22(29)15-12-18(26)24(33-2)19(27)13-15)23(30)25(31)28(21)16-8-4-3-5-9-16/h6-7,10-13,16,21,29H,3-5,8-9H2,1-2H3/b22-20+. The lowest BCUT2D eigenvalue weighted by Gasteiger charge is -2.35. The number of likely N-dealkylation sites (tertiary alicyclic amines) is 1. The van der Waals surface area contributed by atoms with Crippen LogP contribution >= 0.6 is 23.2 Å². The Morgan fingerprint density at radius 3 is 2.27 bits per heavy atom. The van der Waals surface area contributed by atoms with Gasteiger partial charge in [-0.05, 0) is 42.7 Å². The maximum absolute atomic E-state index is 13.3. The zero-order chi connectivity index (χ0) is 23.7. The second kappa shape index (κ2) is 9.65. The molecular formula is C25H25Cl2NO5. The first-order valence-electron chi connectivity index (χ1n) is 10.8. The third-order valence-electron chi connectivity index (χ3n) is 6.33. The van der Waals surface area contributed by atoms with Crippen molar-refractivity contribution in [2.24, 2.45) is 0 Å². The van der Waals surface area contributed by atoms with E-state index in [1.165, 1.54) is 19.2 Å². The Labute approximate surface area is 202 Å². The molecule has 0 bridgehead atoms. The van der Waals surface area contributed by atoms with Crippen molar-refractivity contribution in [3.63, 3.8) is 0 Å². The van der Waals surface area contributed by atoms with Gasteiger partial charge in [0, 0.05) is 11.6 Å². The quantitative estimate of drug-likeness (QED) is 0.328. The molecule has 2 aliphatic rings. The van der Waals surface area contributed by atoms with Gasteiger partial charge in [-0.1, -0.05) is 54.6 Å². The van der Waals surface area contributed by atoms with E-state index in [9.17, 15) is 14.7 Å². The molecule has 1 aliphatic heterocycles. The van der Waals surface area contributed by atoms with Gasteiger partial charge < -0.3 is 19.5 Å². The third-order valence-corrected chi connectivity index (χ3v) is 6.90. The van der Waals surface area contributed by atoms with E-state index in [0.29, 0.717) is 11.3 Å². The van der Waals surface area contributed by atoms with Crippen molar-refractivity contribution in [2.45, 2.75) is 44.2 Å². The van der Waals surface area contributed by atoms with Crippen LogP contribution in [0.25, 0.3) is 5.76 Å². The highest BCUT2D eigenvalue weighted by molar-refractivity contribution is 6.47. The number of aliphatic hydroxyl groups excluding tert-OH is 1. The van der Waals surface area contributed by atoms with Crippen LogP contribution < -0.4 is 9.47 Å². The zero-order valence-corrected chi connectivity index (χ0v) is 19.9. The lowest BCUT2D eigenvalue weighted by atomic mass is 9.91. The average molecular weight is 490 g/mol. The third kappa shape index (κ3) is 4.30. The predicted octanol–water partition coefficient (Wildman–Crippen LogP) is 5.77. The largest absolute Gasteiger partial charge is 0.507 e. The molecule has 1 saturated carbocycles. The Morgan fingerprint density at radius 1 is 1.00 bits per heavy atom. The minimum Gasteiger partial charge on any atom is -0.507 e. The number of rotatable bonds is 5. The SMILES string of the molecule is COc1cccc(C2/C(=C(\O)c3cc(Cl)c(OC)c(Cl)c3)C(=O)C(=O)N2C2CCCCC2)c1. The number of benzene rings is 2. The van der Waals surface area contributed by atoms with Crippen molar-refractivity contribution in [3.05, 3.63) is 63.1 Å². The van der Waals surface area contributed by atoms with Gasteiger partial charge >= 0.3 is 0 Å². The van der Waals surface area contributed by atoms with Crippen molar-refractivity contribution in [1.29, 1.82) is 0 Å². The average Bonchev–Trinajstić information content (AvgIpc) is 3.09. The molecule has 1 aliphatic carbocycles. The minimum absolute atomic E-state index is 0.0103. The number of hydrogen-bond acceptors (Lipinski definition) is 5. The van der Waals surface area contributed by atoms with Gasteiger partial charge in [0.05, 0.1) is 35.9 Å². The van der Waals surface area contributed by atoms with Gasteiger partial charge in [-0.3, -0.25) is 9.59 Å². The van der Waals surface area contributed by atoms with Crippen LogP contribution in [0.1, 0.15) is 49.3 Å². The molecule has 1 amide bonds. The number of methoxy groups -OCH3 is 2. The number of amides is 1. The lowest BCUT2D eigenvalue weighted by Crippen LogP contribution is -2.40. The summed E-state index contributed by atoms with van der Waals surface area (Å²) in [6, 6.07) is 9.32. The Morgan fingerprint density at radius 2 is 1.67 bits per heavy atom. The highest BCUT2D eigenvalue weighted by Crippen LogP contribution is 2.45. The zero-order valence-electron chi connectivity index (χ0n) is 18.4. The van der Waals surface area contributed by atoms with E-state index < -0.39 is 17.7 Å². The Kier molecular flexibility index (Phi) is 6.86. The fourth-order valence-electron chi connectivity index (χ4n) is 4.77. The van der Waals surface area contributed by atoms with Crippen LogP contribution in [0.2, 0.25) is 10.0 Å². The van der Waals surface area contributed by atoms with Crippen LogP contribution in [0.3, 0.4) is 0 Å². The highest BCUT2D eigenvalue weighted by Gasteiger charge is 2.49. The fourth-order valence-corrected chi connectivity index (χ4v) is 5.41. The van der Waals surface area contributed by atoms with Crippen molar-refractivity contribution >= 4 is 40.7 Å². The van der Waals surface area contributed by atoms with E-state index in [2.05, 4.69) is 0 Å². The van der Waals surface area contributed by atoms with Crippen LogP contribution in [0.4, 0.5) is 0 Å². The predicted molar refractivity (Wildman–Crippen MR) is 127 cm³/mol. The molecule has 2 aromatic carbocycles. The monoisotopic (exact) mass is 489 g/mol. The van der Waals surface area contributed by atoms with Crippen LogP contribution in [0.5, 0.6) is 11.5 Å². The van der Waals surface area contributed by atoms with Gasteiger partial charge in [-0.2, -0.15) is 0 Å². The first-order chi connectivity index (χ1) is 15.9. The molecule has 1 heterocycles. The van der Waals surface area contributed by atoms with Gasteiger partial charge in [0.1, 0.15) is 11.5 Å². The number of hydrogen-bond donors (Lipinski definition) is 1. The molecule has 2 fully saturated rings. The van der Waals surface area contributed by atoms with Crippen LogP contribution in [0.15, 0.2) is 42.0 Å². The first-order valence-corrected chi connectivity index (χ1v) is 11.6. The van der Waals surface area contributed by atoms with Crippen LogP contribution in [-0.2, 0) is 9.59 Å². The molecule has 6 nitrogen and oxygen atoms in total. The van der Waals surface area contributed by atoms with Crippen LogP contribution in [0, 0.1) is 0 Å². The number of ketones is 1. The fraction of sp³-hybridized carbons (Fsp3) is 0.360. The topological polar surface area (TPSA) is 76.1 Å². The molecule has 0 spiro atoms. The number of ether oxygens (including phenoxy) is 2. The maximum Gasteiger partial charge on any atom is 0.295 e. The Hall–Kier alpha value is -2.70. The summed E-state index contributed by atoms with van der Waals surface area (Å²) in [5.41, 5.74) is 0.933. The summed E-state index contributed by atoms with van der Waals surface area (Å²) in [6.45, 7) is 0. The van der Waals surface area contributed by atoms with E-state index in [-0.39, 0.29) is 38.7 Å². The highest BCUT2D eigenvalue weighted by atomic mass is 35.5. The van der Waals surface area contributed by atoms with E-state index in [0.717, 1.165) is 32.1 Å². The number of aliphatic hydroxyl groups is 1. The number of Topliss-reactive ketones (excluding diaryl/α,β-unsaturated/α-hetero) is 1. The molecular weight excluding hydrogens is 465 g/mol. The summed E-state index contributed by atoms with van der Waals surface area (Å²) < 4.78 is 10.6. The molecule has 1 unspecified atom stereocenters. The summed E-state index contributed by atoms with van der Waals surface area (Å²) >= 11 is 12.5. The summed E-state index contributed by atoms with van der Waals surface area (Å²) in [6.07, 6.45) is 4.71. The van der Waals surface area contributed by atoms with Gasteiger partial charge in [0.2, 0.25) is 0 Å². The van der Waals surface area contributed by atoms with E-state index >= 15 is 0 Å².